The average molecular weight is 412 g/mol. The van der Waals surface area contributed by atoms with E-state index in [1.807, 2.05) is 24.1 Å². The number of para-hydroxylation sites is 1. The Morgan fingerprint density at radius 1 is 1.23 bits per heavy atom. The molecular weight excluding hydrogens is 384 g/mol. The second kappa shape index (κ2) is 8.18. The third-order valence-corrected chi connectivity index (χ3v) is 6.60. The first-order chi connectivity index (χ1) is 14.4. The van der Waals surface area contributed by atoms with Gasteiger partial charge in [0.15, 0.2) is 0 Å². The van der Waals surface area contributed by atoms with Crippen molar-refractivity contribution in [1.82, 2.24) is 19.4 Å². The van der Waals surface area contributed by atoms with Crippen LogP contribution in [0.4, 0.5) is 0 Å². The number of ether oxygens (including phenoxy) is 1. The summed E-state index contributed by atoms with van der Waals surface area (Å²) in [5.74, 6) is 0.168. The zero-order valence-electron chi connectivity index (χ0n) is 17.5. The van der Waals surface area contributed by atoms with Gasteiger partial charge in [-0.15, -0.1) is 0 Å². The first-order valence-corrected chi connectivity index (χ1v) is 10.4. The number of aryl methyl sites for hydroxylation is 1. The van der Waals surface area contributed by atoms with E-state index in [4.69, 9.17) is 4.74 Å². The average Bonchev–Trinajstić information content (AvgIpc) is 2.77. The van der Waals surface area contributed by atoms with Gasteiger partial charge in [0.25, 0.3) is 5.56 Å². The summed E-state index contributed by atoms with van der Waals surface area (Å²) in [6.07, 6.45) is 3.81. The van der Waals surface area contributed by atoms with Gasteiger partial charge in [-0.2, -0.15) is 0 Å². The molecule has 30 heavy (non-hydrogen) atoms. The number of methoxy groups -OCH3 is 1. The third-order valence-electron chi connectivity index (χ3n) is 6.60. The molecule has 3 heterocycles. The summed E-state index contributed by atoms with van der Waals surface area (Å²) in [5, 5.41) is 0.556. The van der Waals surface area contributed by atoms with E-state index in [9.17, 15) is 14.4 Å². The highest BCUT2D eigenvalue weighted by atomic mass is 16.5. The number of likely N-dealkylation sites (tertiary alicyclic amines) is 2. The summed E-state index contributed by atoms with van der Waals surface area (Å²) in [6.45, 7) is 2.03. The van der Waals surface area contributed by atoms with Gasteiger partial charge < -0.3 is 14.5 Å². The summed E-state index contributed by atoms with van der Waals surface area (Å²) in [4.78, 5) is 46.0. The predicted octanol–water partition coefficient (Wildman–Crippen LogP) is 1.27. The second-order valence-corrected chi connectivity index (χ2v) is 8.42. The number of carbonyl (C=O) groups excluding carboxylic acids is 2. The van der Waals surface area contributed by atoms with Crippen LogP contribution in [0.25, 0.3) is 10.9 Å². The maximum atomic E-state index is 12.8. The van der Waals surface area contributed by atoms with Gasteiger partial charge in [0.2, 0.25) is 11.8 Å². The van der Waals surface area contributed by atoms with Gasteiger partial charge in [0.05, 0.1) is 28.7 Å². The monoisotopic (exact) mass is 412 g/mol. The molecule has 0 bridgehead atoms. The highest BCUT2D eigenvalue weighted by Gasteiger charge is 2.48. The van der Waals surface area contributed by atoms with E-state index in [2.05, 4.69) is 4.98 Å². The predicted molar refractivity (Wildman–Crippen MR) is 112 cm³/mol. The van der Waals surface area contributed by atoms with Gasteiger partial charge >= 0.3 is 0 Å². The van der Waals surface area contributed by atoms with E-state index < -0.39 is 5.41 Å². The van der Waals surface area contributed by atoms with Crippen LogP contribution < -0.4 is 5.56 Å². The van der Waals surface area contributed by atoms with Crippen molar-refractivity contribution >= 4 is 22.7 Å². The molecular formula is C22H28N4O4. The highest BCUT2D eigenvalue weighted by Crippen LogP contribution is 2.41. The summed E-state index contributed by atoms with van der Waals surface area (Å²) in [7, 11) is 3.51. The number of rotatable bonds is 4. The molecule has 2 fully saturated rings. The molecule has 8 heteroatoms. The third kappa shape index (κ3) is 3.71. The number of amides is 2. The SMILES string of the molecule is COC1CN(C)C(=O)C2(CCN(C(=O)CCn3cnc4ccccc4c3=O)CC2)C1. The largest absolute Gasteiger partial charge is 0.380 e. The Labute approximate surface area is 175 Å². The molecule has 1 atom stereocenters. The van der Waals surface area contributed by atoms with Gasteiger partial charge in [0.1, 0.15) is 0 Å². The first-order valence-electron chi connectivity index (χ1n) is 10.4. The fourth-order valence-electron chi connectivity index (χ4n) is 4.78. The maximum Gasteiger partial charge on any atom is 0.261 e. The van der Waals surface area contributed by atoms with Crippen molar-refractivity contribution in [2.24, 2.45) is 5.41 Å². The van der Waals surface area contributed by atoms with Crippen LogP contribution in [0.5, 0.6) is 0 Å². The molecule has 1 aromatic carbocycles. The standard InChI is InChI=1S/C22H28N4O4/c1-24-14-16(30-2)13-22(21(24)29)8-11-25(12-9-22)19(27)7-10-26-15-23-18-6-4-3-5-17(18)20(26)28/h3-6,15-16H,7-14H2,1-2H3. The van der Waals surface area contributed by atoms with Crippen LogP contribution in [0, 0.1) is 5.41 Å². The molecule has 4 rings (SSSR count). The van der Waals surface area contributed by atoms with Crippen molar-refractivity contribution in [3.63, 3.8) is 0 Å². The van der Waals surface area contributed by atoms with Crippen LogP contribution in [0.1, 0.15) is 25.7 Å². The number of likely N-dealkylation sites (N-methyl/N-ethyl adjacent to an activating group) is 1. The van der Waals surface area contributed by atoms with E-state index in [0.29, 0.717) is 56.3 Å². The van der Waals surface area contributed by atoms with Crippen LogP contribution >= 0.6 is 0 Å². The van der Waals surface area contributed by atoms with E-state index in [0.717, 1.165) is 0 Å². The van der Waals surface area contributed by atoms with Crippen molar-refractivity contribution in [2.75, 3.05) is 33.8 Å². The quantitative estimate of drug-likeness (QED) is 0.755. The van der Waals surface area contributed by atoms with Crippen LogP contribution in [-0.4, -0.2) is 71.1 Å². The summed E-state index contributed by atoms with van der Waals surface area (Å²) < 4.78 is 7.02. The molecule has 0 saturated carbocycles. The molecule has 8 nitrogen and oxygen atoms in total. The normalized spacial score (nSPS) is 21.4. The Hall–Kier alpha value is -2.74. The number of carbonyl (C=O) groups is 2. The van der Waals surface area contributed by atoms with Crippen LogP contribution in [0.3, 0.4) is 0 Å². The van der Waals surface area contributed by atoms with Crippen LogP contribution in [0.15, 0.2) is 35.4 Å². The van der Waals surface area contributed by atoms with E-state index in [-0.39, 0.29) is 29.9 Å². The van der Waals surface area contributed by atoms with Gasteiger partial charge in [0, 0.05) is 46.8 Å². The Balaban J connectivity index is 1.38. The van der Waals surface area contributed by atoms with Crippen LogP contribution in [-0.2, 0) is 20.9 Å². The Morgan fingerprint density at radius 2 is 1.97 bits per heavy atom. The molecule has 1 aromatic heterocycles. The fraction of sp³-hybridized carbons (Fsp3) is 0.545. The lowest BCUT2D eigenvalue weighted by molar-refractivity contribution is -0.158. The Kier molecular flexibility index (Phi) is 5.60. The van der Waals surface area contributed by atoms with Gasteiger partial charge in [-0.25, -0.2) is 4.98 Å². The van der Waals surface area contributed by atoms with Crippen molar-refractivity contribution in [3.05, 3.63) is 40.9 Å². The minimum Gasteiger partial charge on any atom is -0.380 e. The number of hydrogen-bond acceptors (Lipinski definition) is 5. The number of benzene rings is 1. The van der Waals surface area contributed by atoms with E-state index in [1.54, 1.807) is 24.1 Å². The molecule has 2 amide bonds. The molecule has 2 aliphatic rings. The molecule has 1 spiro atoms. The number of piperidine rings is 2. The molecule has 0 radical (unpaired) electrons. The molecule has 160 valence electrons. The lowest BCUT2D eigenvalue weighted by Crippen LogP contribution is -2.57. The van der Waals surface area contributed by atoms with E-state index in [1.165, 1.54) is 10.9 Å². The summed E-state index contributed by atoms with van der Waals surface area (Å²) in [5.41, 5.74) is 0.0965. The topological polar surface area (TPSA) is 84.7 Å². The molecule has 2 saturated heterocycles. The Bertz CT molecular complexity index is 1010. The molecule has 1 unspecified atom stereocenters. The van der Waals surface area contributed by atoms with Crippen molar-refractivity contribution < 1.29 is 14.3 Å². The van der Waals surface area contributed by atoms with Crippen LogP contribution in [0.2, 0.25) is 0 Å². The van der Waals surface area contributed by atoms with Crippen molar-refractivity contribution in [2.45, 2.75) is 38.3 Å². The maximum absolute atomic E-state index is 12.8. The zero-order chi connectivity index (χ0) is 21.3. The minimum absolute atomic E-state index is 0.00446. The number of aromatic nitrogens is 2. The van der Waals surface area contributed by atoms with Gasteiger partial charge in [-0.3, -0.25) is 19.0 Å². The number of nitrogens with zero attached hydrogens (tertiary/aromatic N) is 4. The lowest BCUT2D eigenvalue weighted by Gasteiger charge is -2.47. The number of hydrogen-bond donors (Lipinski definition) is 0. The Morgan fingerprint density at radius 3 is 2.70 bits per heavy atom. The smallest absolute Gasteiger partial charge is 0.261 e. The van der Waals surface area contributed by atoms with Crippen molar-refractivity contribution in [3.8, 4) is 0 Å². The fourth-order valence-corrected chi connectivity index (χ4v) is 4.78. The molecule has 0 N–H and O–H groups in total. The van der Waals surface area contributed by atoms with E-state index >= 15 is 0 Å². The summed E-state index contributed by atoms with van der Waals surface area (Å²) in [6, 6.07) is 7.20. The molecule has 2 aromatic rings. The van der Waals surface area contributed by atoms with Gasteiger partial charge in [-0.1, -0.05) is 12.1 Å². The van der Waals surface area contributed by atoms with Crippen molar-refractivity contribution in [1.29, 1.82) is 0 Å². The minimum atomic E-state index is -0.427. The first kappa shape index (κ1) is 20.5. The number of fused-ring (bicyclic) bond motifs is 1. The summed E-state index contributed by atoms with van der Waals surface area (Å²) >= 11 is 0. The molecule has 0 aliphatic carbocycles. The second-order valence-electron chi connectivity index (χ2n) is 8.42. The van der Waals surface area contributed by atoms with Gasteiger partial charge in [-0.05, 0) is 31.4 Å². The molecule has 2 aliphatic heterocycles. The lowest BCUT2D eigenvalue weighted by atomic mass is 9.71. The zero-order valence-corrected chi connectivity index (χ0v) is 17.5. The highest BCUT2D eigenvalue weighted by molar-refractivity contribution is 5.84.